The van der Waals surface area contributed by atoms with E-state index in [0.717, 1.165) is 22.3 Å². The maximum atomic E-state index is 12.9. The fourth-order valence-electron chi connectivity index (χ4n) is 3.13. The molecule has 0 aliphatic rings. The van der Waals surface area contributed by atoms with Gasteiger partial charge in [0.15, 0.2) is 0 Å². The summed E-state index contributed by atoms with van der Waals surface area (Å²) in [5, 5.41) is 2.40. The van der Waals surface area contributed by atoms with Gasteiger partial charge >= 0.3 is 7.60 Å². The van der Waals surface area contributed by atoms with E-state index in [9.17, 15) is 4.57 Å². The van der Waals surface area contributed by atoms with Gasteiger partial charge < -0.3 is 9.05 Å². The Balaban J connectivity index is 1.97. The second kappa shape index (κ2) is 8.18. The Kier molecular flexibility index (Phi) is 5.93. The number of hydrogen-bond donors (Lipinski definition) is 0. The van der Waals surface area contributed by atoms with E-state index in [1.165, 1.54) is 10.8 Å². The molecule has 0 spiro atoms. The van der Waals surface area contributed by atoms with Gasteiger partial charge in [0.05, 0.1) is 19.4 Å². The topological polar surface area (TPSA) is 35.5 Å². The van der Waals surface area contributed by atoms with Gasteiger partial charge in [-0.25, -0.2) is 0 Å². The zero-order chi connectivity index (χ0) is 18.6. The van der Waals surface area contributed by atoms with E-state index in [4.69, 9.17) is 9.05 Å². The third kappa shape index (κ3) is 4.42. The Bertz CT molecular complexity index is 939. The summed E-state index contributed by atoms with van der Waals surface area (Å²) in [5.74, 6) is 0. The molecule has 0 aliphatic carbocycles. The van der Waals surface area contributed by atoms with Crippen molar-refractivity contribution < 1.29 is 13.6 Å². The molecule has 3 aromatic carbocycles. The average molecular weight is 367 g/mol. The molecule has 0 unspecified atom stereocenters. The number of fused-ring (bicyclic) bond motifs is 1. The predicted molar refractivity (Wildman–Crippen MR) is 108 cm³/mol. The molecule has 0 aliphatic heterocycles. The van der Waals surface area contributed by atoms with Gasteiger partial charge in [-0.3, -0.25) is 4.57 Å². The van der Waals surface area contributed by atoms with Gasteiger partial charge in [0.2, 0.25) is 0 Å². The van der Waals surface area contributed by atoms with E-state index in [1.807, 2.05) is 44.2 Å². The van der Waals surface area contributed by atoms with Gasteiger partial charge in [-0.05, 0) is 59.9 Å². The van der Waals surface area contributed by atoms with Crippen LogP contribution in [0.15, 0.2) is 60.7 Å². The molecule has 0 bridgehead atoms. The fourth-order valence-corrected chi connectivity index (χ4v) is 4.81. The van der Waals surface area contributed by atoms with Crippen LogP contribution in [-0.2, 0) is 19.8 Å². The third-order valence-electron chi connectivity index (χ3n) is 4.16. The summed E-state index contributed by atoms with van der Waals surface area (Å²) in [5.41, 5.74) is 3.95. The minimum absolute atomic E-state index is 0.249. The van der Waals surface area contributed by atoms with Crippen molar-refractivity contribution in [2.45, 2.75) is 20.0 Å². The first-order chi connectivity index (χ1) is 12.5. The Morgan fingerprint density at radius 1 is 0.846 bits per heavy atom. The van der Waals surface area contributed by atoms with Crippen molar-refractivity contribution in [1.29, 1.82) is 0 Å². The number of rotatable bonds is 7. The van der Waals surface area contributed by atoms with E-state index in [-0.39, 0.29) is 6.16 Å². The molecule has 0 heterocycles. The number of benzene rings is 3. The summed E-state index contributed by atoms with van der Waals surface area (Å²) >= 11 is 0. The second-order valence-electron chi connectivity index (χ2n) is 6.20. The van der Waals surface area contributed by atoms with Crippen molar-refractivity contribution in [1.82, 2.24) is 0 Å². The molecular formula is C22H24O3P. The lowest BCUT2D eigenvalue weighted by molar-refractivity contribution is 0.219. The molecule has 0 aromatic heterocycles. The highest BCUT2D eigenvalue weighted by atomic mass is 31.2. The van der Waals surface area contributed by atoms with Crippen molar-refractivity contribution in [2.24, 2.45) is 0 Å². The predicted octanol–water partition coefficient (Wildman–Crippen LogP) is 6.46. The minimum Gasteiger partial charge on any atom is -0.309 e. The first kappa shape index (κ1) is 18.8. The maximum absolute atomic E-state index is 12.9. The monoisotopic (exact) mass is 367 g/mol. The maximum Gasteiger partial charge on any atom is 0.335 e. The van der Waals surface area contributed by atoms with Gasteiger partial charge in [0.25, 0.3) is 0 Å². The third-order valence-corrected chi connectivity index (χ3v) is 6.22. The molecule has 0 saturated carbocycles. The molecule has 3 aromatic rings. The highest BCUT2D eigenvalue weighted by Crippen LogP contribution is 2.51. The Labute approximate surface area is 155 Å². The molecule has 4 heteroatoms. The van der Waals surface area contributed by atoms with Crippen molar-refractivity contribution >= 4 is 18.4 Å². The first-order valence-electron chi connectivity index (χ1n) is 8.86. The fraction of sp³-hybridized carbons (Fsp3) is 0.227. The molecule has 0 N–H and O–H groups in total. The van der Waals surface area contributed by atoms with Crippen LogP contribution in [0.1, 0.15) is 25.0 Å². The summed E-state index contributed by atoms with van der Waals surface area (Å²) < 4.78 is 23.7. The zero-order valence-corrected chi connectivity index (χ0v) is 16.2. The smallest absolute Gasteiger partial charge is 0.309 e. The lowest BCUT2D eigenvalue weighted by atomic mass is 9.98. The van der Waals surface area contributed by atoms with Gasteiger partial charge in [-0.15, -0.1) is 0 Å². The molecule has 1 radical (unpaired) electrons. The van der Waals surface area contributed by atoms with Crippen LogP contribution in [0, 0.1) is 6.92 Å². The quantitative estimate of drug-likeness (QED) is 0.450. The Hall–Kier alpha value is -1.93. The molecule has 3 rings (SSSR count). The van der Waals surface area contributed by atoms with Crippen LogP contribution < -0.4 is 0 Å². The van der Waals surface area contributed by atoms with Crippen molar-refractivity contribution in [3.63, 3.8) is 0 Å². The average Bonchev–Trinajstić information content (AvgIpc) is 2.61. The van der Waals surface area contributed by atoms with E-state index in [1.54, 1.807) is 0 Å². The minimum atomic E-state index is -3.14. The van der Waals surface area contributed by atoms with Crippen molar-refractivity contribution in [3.05, 3.63) is 78.7 Å². The zero-order valence-electron chi connectivity index (χ0n) is 15.3. The van der Waals surface area contributed by atoms with Gasteiger partial charge in [0, 0.05) is 0 Å². The number of hydrogen-bond acceptors (Lipinski definition) is 3. The molecule has 0 saturated heterocycles. The van der Waals surface area contributed by atoms with E-state index >= 15 is 0 Å². The van der Waals surface area contributed by atoms with Crippen LogP contribution in [0.2, 0.25) is 0 Å². The van der Waals surface area contributed by atoms with Crippen LogP contribution >= 0.6 is 7.60 Å². The van der Waals surface area contributed by atoms with E-state index in [0.29, 0.717) is 13.2 Å². The lowest BCUT2D eigenvalue weighted by Crippen LogP contribution is -1.99. The molecule has 26 heavy (non-hydrogen) atoms. The molecule has 135 valence electrons. The van der Waals surface area contributed by atoms with Crippen LogP contribution in [0.4, 0.5) is 0 Å². The highest BCUT2D eigenvalue weighted by Gasteiger charge is 2.24. The summed E-state index contributed by atoms with van der Waals surface area (Å²) in [6.07, 6.45) is 0.249. The largest absolute Gasteiger partial charge is 0.335 e. The molecule has 0 amide bonds. The SMILES string of the molecule is [CH2]c1cc(CP(=O)(OCC)OCC)cc(-c2ccc3ccccc3c2)c1. The van der Waals surface area contributed by atoms with Gasteiger partial charge in [0.1, 0.15) is 0 Å². The first-order valence-corrected chi connectivity index (χ1v) is 10.6. The Morgan fingerprint density at radius 3 is 2.23 bits per heavy atom. The van der Waals surface area contributed by atoms with Crippen LogP contribution in [0.3, 0.4) is 0 Å². The van der Waals surface area contributed by atoms with Crippen LogP contribution in [0.5, 0.6) is 0 Å². The van der Waals surface area contributed by atoms with Gasteiger partial charge in [-0.1, -0.05) is 54.6 Å². The summed E-state index contributed by atoms with van der Waals surface area (Å²) in [4.78, 5) is 0. The highest BCUT2D eigenvalue weighted by molar-refractivity contribution is 7.53. The Morgan fingerprint density at radius 2 is 1.54 bits per heavy atom. The summed E-state index contributed by atoms with van der Waals surface area (Å²) in [7, 11) is -3.14. The molecular weight excluding hydrogens is 343 g/mol. The summed E-state index contributed by atoms with van der Waals surface area (Å²) in [6, 6.07) is 20.7. The lowest BCUT2D eigenvalue weighted by Gasteiger charge is -2.18. The van der Waals surface area contributed by atoms with Crippen molar-refractivity contribution in [3.8, 4) is 11.1 Å². The molecule has 3 nitrogen and oxygen atoms in total. The van der Waals surface area contributed by atoms with E-state index in [2.05, 4.69) is 37.3 Å². The van der Waals surface area contributed by atoms with Crippen molar-refractivity contribution in [2.75, 3.05) is 13.2 Å². The van der Waals surface area contributed by atoms with Crippen LogP contribution in [-0.4, -0.2) is 13.2 Å². The molecule has 0 atom stereocenters. The standard InChI is InChI=1S/C22H24O3P/c1-4-24-26(23,25-5-2)16-18-12-17(3)13-22(14-18)21-11-10-19-8-6-7-9-20(19)15-21/h6-15H,3-5,16H2,1-2H3. The van der Waals surface area contributed by atoms with E-state index < -0.39 is 7.60 Å². The molecule has 0 fully saturated rings. The normalized spacial score (nSPS) is 11.8. The van der Waals surface area contributed by atoms with Gasteiger partial charge in [-0.2, -0.15) is 0 Å². The second-order valence-corrected chi connectivity index (χ2v) is 8.26. The summed E-state index contributed by atoms with van der Waals surface area (Å²) in [6.45, 7) is 8.45. The van der Waals surface area contributed by atoms with Crippen LogP contribution in [0.25, 0.3) is 21.9 Å².